The molecule has 1 saturated heterocycles. The number of aliphatic hydroxyl groups is 1. The summed E-state index contributed by atoms with van der Waals surface area (Å²) in [6.07, 6.45) is 7.29. The van der Waals surface area contributed by atoms with Crippen molar-refractivity contribution >= 4 is 0 Å². The highest BCUT2D eigenvalue weighted by Crippen LogP contribution is 2.39. The number of fused-ring (bicyclic) bond motifs is 1. The maximum Gasteiger partial charge on any atom is 0.0838 e. The average Bonchev–Trinajstić information content (AvgIpc) is 2.67. The lowest BCUT2D eigenvalue weighted by molar-refractivity contribution is 0.0937. The minimum Gasteiger partial charge on any atom is -0.388 e. The van der Waals surface area contributed by atoms with E-state index in [0.717, 1.165) is 18.5 Å². The molecule has 0 radical (unpaired) electrons. The molecule has 98 valence electrons. The van der Waals surface area contributed by atoms with Gasteiger partial charge in [0.15, 0.2) is 0 Å². The molecule has 2 nitrogen and oxygen atoms in total. The number of aliphatic hydroxyl groups excluding tert-OH is 1. The summed E-state index contributed by atoms with van der Waals surface area (Å²) in [7, 11) is 0. The van der Waals surface area contributed by atoms with E-state index in [1.807, 2.05) is 6.07 Å². The van der Waals surface area contributed by atoms with Gasteiger partial charge in [0.25, 0.3) is 0 Å². The van der Waals surface area contributed by atoms with Crippen LogP contribution in [0.15, 0.2) is 24.3 Å². The molecule has 18 heavy (non-hydrogen) atoms. The Morgan fingerprint density at radius 1 is 1.06 bits per heavy atom. The van der Waals surface area contributed by atoms with Gasteiger partial charge in [-0.2, -0.15) is 0 Å². The summed E-state index contributed by atoms with van der Waals surface area (Å²) in [5.41, 5.74) is 2.50. The fourth-order valence-electron chi connectivity index (χ4n) is 3.56. The smallest absolute Gasteiger partial charge is 0.0838 e. The summed E-state index contributed by atoms with van der Waals surface area (Å²) < 4.78 is 0. The Labute approximate surface area is 109 Å². The maximum absolute atomic E-state index is 10.5. The van der Waals surface area contributed by atoms with Crippen LogP contribution >= 0.6 is 0 Å². The van der Waals surface area contributed by atoms with Gasteiger partial charge in [-0.05, 0) is 36.9 Å². The van der Waals surface area contributed by atoms with Crippen LogP contribution in [-0.2, 0) is 6.42 Å². The molecule has 1 aliphatic heterocycles. The number of hydrogen-bond donors (Lipinski definition) is 2. The number of nitrogens with one attached hydrogen (secondary N) is 1. The lowest BCUT2D eigenvalue weighted by Crippen LogP contribution is -2.39. The SMILES string of the molecule is OC1c2ccccc2CC1C1CCCCCCN1. The summed E-state index contributed by atoms with van der Waals surface area (Å²) in [5, 5.41) is 14.2. The zero-order valence-corrected chi connectivity index (χ0v) is 10.9. The van der Waals surface area contributed by atoms with Gasteiger partial charge in [-0.1, -0.05) is 43.5 Å². The Kier molecular flexibility index (Phi) is 3.67. The van der Waals surface area contributed by atoms with Gasteiger partial charge in [-0.15, -0.1) is 0 Å². The molecule has 0 bridgehead atoms. The van der Waals surface area contributed by atoms with E-state index >= 15 is 0 Å². The molecule has 2 N–H and O–H groups in total. The fraction of sp³-hybridized carbons (Fsp3) is 0.625. The van der Waals surface area contributed by atoms with Crippen LogP contribution in [0.3, 0.4) is 0 Å². The highest BCUT2D eigenvalue weighted by Gasteiger charge is 2.35. The zero-order valence-electron chi connectivity index (χ0n) is 10.9. The molecule has 1 fully saturated rings. The monoisotopic (exact) mass is 245 g/mol. The molecule has 2 aliphatic rings. The van der Waals surface area contributed by atoms with Gasteiger partial charge < -0.3 is 10.4 Å². The molecule has 0 spiro atoms. The van der Waals surface area contributed by atoms with Crippen molar-refractivity contribution in [2.45, 2.75) is 50.7 Å². The second kappa shape index (κ2) is 5.41. The topological polar surface area (TPSA) is 32.3 Å². The van der Waals surface area contributed by atoms with Gasteiger partial charge in [0.2, 0.25) is 0 Å². The van der Waals surface area contributed by atoms with Crippen LogP contribution in [-0.4, -0.2) is 17.7 Å². The van der Waals surface area contributed by atoms with E-state index in [1.54, 1.807) is 0 Å². The fourth-order valence-corrected chi connectivity index (χ4v) is 3.56. The molecular weight excluding hydrogens is 222 g/mol. The van der Waals surface area contributed by atoms with E-state index in [9.17, 15) is 5.11 Å². The van der Waals surface area contributed by atoms with Crippen molar-refractivity contribution in [2.75, 3.05) is 6.54 Å². The van der Waals surface area contributed by atoms with Gasteiger partial charge >= 0.3 is 0 Å². The van der Waals surface area contributed by atoms with Gasteiger partial charge in [0.1, 0.15) is 0 Å². The molecule has 0 aromatic heterocycles. The van der Waals surface area contributed by atoms with E-state index in [1.165, 1.54) is 37.7 Å². The summed E-state index contributed by atoms with van der Waals surface area (Å²) in [6, 6.07) is 8.87. The van der Waals surface area contributed by atoms with E-state index < -0.39 is 0 Å². The Hall–Kier alpha value is -0.860. The van der Waals surface area contributed by atoms with E-state index in [2.05, 4.69) is 23.5 Å². The Morgan fingerprint density at radius 3 is 2.78 bits per heavy atom. The maximum atomic E-state index is 10.5. The van der Waals surface area contributed by atoms with Gasteiger partial charge in [-0.3, -0.25) is 0 Å². The van der Waals surface area contributed by atoms with Crippen LogP contribution in [0.4, 0.5) is 0 Å². The largest absolute Gasteiger partial charge is 0.388 e. The molecule has 3 unspecified atom stereocenters. The van der Waals surface area contributed by atoms with Crippen LogP contribution < -0.4 is 5.32 Å². The van der Waals surface area contributed by atoms with Crippen molar-refractivity contribution in [1.29, 1.82) is 0 Å². The second-order valence-corrected chi connectivity index (χ2v) is 5.78. The number of hydrogen-bond acceptors (Lipinski definition) is 2. The van der Waals surface area contributed by atoms with Crippen molar-refractivity contribution < 1.29 is 5.11 Å². The first-order valence-corrected chi connectivity index (χ1v) is 7.35. The molecule has 1 aromatic carbocycles. The Morgan fingerprint density at radius 2 is 1.89 bits per heavy atom. The first-order valence-electron chi connectivity index (χ1n) is 7.35. The highest BCUT2D eigenvalue weighted by molar-refractivity contribution is 5.35. The molecule has 1 aromatic rings. The van der Waals surface area contributed by atoms with E-state index in [0.29, 0.717) is 12.0 Å². The quantitative estimate of drug-likeness (QED) is 0.797. The van der Waals surface area contributed by atoms with Gasteiger partial charge in [0, 0.05) is 12.0 Å². The van der Waals surface area contributed by atoms with Crippen LogP contribution in [0.25, 0.3) is 0 Å². The second-order valence-electron chi connectivity index (χ2n) is 5.78. The molecule has 0 saturated carbocycles. The lowest BCUT2D eigenvalue weighted by atomic mass is 9.89. The summed E-state index contributed by atoms with van der Waals surface area (Å²) in [5.74, 6) is 0.375. The highest BCUT2D eigenvalue weighted by atomic mass is 16.3. The minimum absolute atomic E-state index is 0.266. The number of rotatable bonds is 1. The van der Waals surface area contributed by atoms with Crippen LogP contribution in [0, 0.1) is 5.92 Å². The van der Waals surface area contributed by atoms with E-state index in [4.69, 9.17) is 0 Å². The first-order chi connectivity index (χ1) is 8.86. The van der Waals surface area contributed by atoms with Gasteiger partial charge in [0.05, 0.1) is 6.10 Å². The molecule has 1 aliphatic carbocycles. The zero-order chi connectivity index (χ0) is 12.4. The molecule has 0 amide bonds. The summed E-state index contributed by atoms with van der Waals surface area (Å²) in [6.45, 7) is 1.12. The minimum atomic E-state index is -0.266. The van der Waals surface area contributed by atoms with Crippen molar-refractivity contribution in [3.63, 3.8) is 0 Å². The third kappa shape index (κ3) is 2.32. The van der Waals surface area contributed by atoms with E-state index in [-0.39, 0.29) is 6.10 Å². The normalized spacial score (nSPS) is 32.6. The first kappa shape index (κ1) is 12.2. The molecular formula is C16H23NO. The number of benzene rings is 1. The van der Waals surface area contributed by atoms with Crippen molar-refractivity contribution in [1.82, 2.24) is 5.32 Å². The molecule has 3 atom stereocenters. The molecule has 2 heteroatoms. The Balaban J connectivity index is 1.74. The predicted molar refractivity (Wildman–Crippen MR) is 73.5 cm³/mol. The standard InChI is InChI=1S/C16H23NO/c18-16-13-8-5-4-7-12(13)11-14(16)15-9-3-1-2-6-10-17-15/h4-5,7-8,14-18H,1-3,6,9-11H2. The molecule has 1 heterocycles. The van der Waals surface area contributed by atoms with Crippen LogP contribution in [0.5, 0.6) is 0 Å². The summed E-state index contributed by atoms with van der Waals surface area (Å²) >= 11 is 0. The average molecular weight is 245 g/mol. The molecule has 3 rings (SSSR count). The van der Waals surface area contributed by atoms with Crippen molar-refractivity contribution in [3.05, 3.63) is 35.4 Å². The van der Waals surface area contributed by atoms with Crippen LogP contribution in [0.2, 0.25) is 0 Å². The van der Waals surface area contributed by atoms with Crippen LogP contribution in [0.1, 0.15) is 49.3 Å². The van der Waals surface area contributed by atoms with Crippen molar-refractivity contribution in [2.24, 2.45) is 5.92 Å². The summed E-state index contributed by atoms with van der Waals surface area (Å²) in [4.78, 5) is 0. The predicted octanol–water partition coefficient (Wildman–Crippen LogP) is 2.81. The Bertz CT molecular complexity index is 396. The third-order valence-corrected chi connectivity index (χ3v) is 4.60. The van der Waals surface area contributed by atoms with Crippen molar-refractivity contribution in [3.8, 4) is 0 Å². The lowest BCUT2D eigenvalue weighted by Gasteiger charge is -2.29. The van der Waals surface area contributed by atoms with Gasteiger partial charge in [-0.25, -0.2) is 0 Å². The third-order valence-electron chi connectivity index (χ3n) is 4.60.